The average Bonchev–Trinajstić information content (AvgIpc) is 1.64. The number of hydrogen-bond donors (Lipinski definition) is 3. The number of ether oxygens (including phenoxy) is 3. The molecule has 0 saturated carbocycles. The van der Waals surface area contributed by atoms with E-state index < -0.39 is 54.1 Å². The first-order chi connectivity index (χ1) is 46.1. The molecule has 12 rings (SSSR count). The van der Waals surface area contributed by atoms with Crippen LogP contribution in [0.15, 0.2) is 180 Å². The minimum absolute atomic E-state index is 0. The first kappa shape index (κ1) is 69.8. The van der Waals surface area contributed by atoms with E-state index in [1.54, 1.807) is 93.6 Å². The van der Waals surface area contributed by atoms with Crippen LogP contribution in [0.5, 0.6) is 17.2 Å². The van der Waals surface area contributed by atoms with Crippen LogP contribution in [-0.2, 0) is 31.0 Å². The lowest BCUT2D eigenvalue weighted by molar-refractivity contribution is -0.130. The van der Waals surface area contributed by atoms with Crippen molar-refractivity contribution in [1.82, 2.24) is 44.6 Å². The van der Waals surface area contributed by atoms with Gasteiger partial charge in [0.05, 0.1) is 0 Å². The molecule has 3 aliphatic heterocycles. The Morgan fingerprint density at radius 2 is 0.608 bits per heavy atom. The van der Waals surface area contributed by atoms with E-state index in [0.29, 0.717) is 84.0 Å². The van der Waals surface area contributed by atoms with Crippen LogP contribution in [-0.4, -0.2) is 150 Å². The molecule has 0 spiro atoms. The molecule has 0 aliphatic carbocycles. The smallest absolute Gasteiger partial charge is 0.266 e. The Hall–Kier alpha value is -11.6. The molecule has 3 aliphatic rings. The number of aliphatic imine (C=N–C) groups is 3. The number of benzene rings is 6. The molecule has 3 radical (unpaired) electrons. The zero-order chi connectivity index (χ0) is 68.6. The highest BCUT2D eigenvalue weighted by Crippen LogP contribution is 2.46. The lowest BCUT2D eigenvalue weighted by Crippen LogP contribution is -2.41. The molecule has 6 heterocycles. The van der Waals surface area contributed by atoms with Crippen molar-refractivity contribution < 1.29 is 54.9 Å². The quantitative estimate of drug-likeness (QED) is 0.0536. The molecule has 0 bridgehead atoms. The Morgan fingerprint density at radius 3 is 0.814 bits per heavy atom. The van der Waals surface area contributed by atoms with Gasteiger partial charge in [-0.1, -0.05) is 36.4 Å². The normalized spacial score (nSPS) is 17.9. The molecule has 1 unspecified atom stereocenters. The number of aromatic nitrogens is 6. The van der Waals surface area contributed by atoms with Crippen molar-refractivity contribution in [1.29, 1.82) is 0 Å². The number of carbonyl (C=O) groups is 3. The van der Waals surface area contributed by atoms with Gasteiger partial charge in [-0.3, -0.25) is 29.1 Å². The summed E-state index contributed by atoms with van der Waals surface area (Å²) >= 11 is 0. The van der Waals surface area contributed by atoms with Gasteiger partial charge in [-0.25, -0.2) is 71.2 Å². The zero-order valence-corrected chi connectivity index (χ0v) is 53.2. The minimum Gasteiger partial charge on any atom is -0.491 e. The summed E-state index contributed by atoms with van der Waals surface area (Å²) in [5.41, 5.74) is 20.6. The fraction of sp³-hybridized carbons (Fsp3) is 0.217. The Morgan fingerprint density at radius 1 is 0.381 bits per heavy atom. The van der Waals surface area contributed by atoms with Crippen molar-refractivity contribution in [2.24, 2.45) is 32.2 Å². The van der Waals surface area contributed by atoms with Gasteiger partial charge in [-0.05, 0) is 144 Å². The van der Waals surface area contributed by atoms with E-state index in [9.17, 15) is 40.7 Å². The van der Waals surface area contributed by atoms with Crippen molar-refractivity contribution in [2.75, 3.05) is 61.0 Å². The van der Waals surface area contributed by atoms with Gasteiger partial charge in [0.2, 0.25) is 0 Å². The maximum Gasteiger partial charge on any atom is 0.266 e. The van der Waals surface area contributed by atoms with Crippen LogP contribution in [0.1, 0.15) is 50.1 Å². The summed E-state index contributed by atoms with van der Waals surface area (Å²) < 4.78 is 97.9. The highest BCUT2D eigenvalue weighted by atomic mass is 19.1. The molecule has 0 saturated heterocycles. The van der Waals surface area contributed by atoms with Crippen molar-refractivity contribution in [3.63, 3.8) is 0 Å². The molecular weight excluding hydrogens is 1260 g/mol. The van der Waals surface area contributed by atoms with E-state index in [0.717, 1.165) is 0 Å². The molecule has 3 aromatic heterocycles. The Labute approximate surface area is 555 Å². The lowest BCUT2D eigenvalue weighted by Gasteiger charge is -2.27. The molecule has 3 amide bonds. The van der Waals surface area contributed by atoms with Gasteiger partial charge in [0.1, 0.15) is 93.5 Å². The van der Waals surface area contributed by atoms with Gasteiger partial charge in [0, 0.05) is 100 Å². The van der Waals surface area contributed by atoms with Crippen molar-refractivity contribution in [3.05, 3.63) is 233 Å². The van der Waals surface area contributed by atoms with Crippen LogP contribution in [0, 0.1) is 38.2 Å². The number of aryl methyl sites for hydroxylation is 3. The van der Waals surface area contributed by atoms with Crippen LogP contribution in [0.25, 0.3) is 33.4 Å². The maximum atomic E-state index is 14.7. The number of rotatable bonds is 18. The number of likely N-dealkylation sites (N-methyl/N-ethyl adjacent to an activating group) is 3. The van der Waals surface area contributed by atoms with E-state index in [2.05, 4.69) is 44.9 Å². The molecule has 9 aromatic rings. The average molecular weight is 1320 g/mol. The van der Waals surface area contributed by atoms with Gasteiger partial charge in [0.15, 0.2) is 34.5 Å². The van der Waals surface area contributed by atoms with Crippen LogP contribution >= 0.6 is 0 Å². The summed E-state index contributed by atoms with van der Waals surface area (Å²) in [5, 5.41) is 0. The number of carbonyl (C=O) groups excluding carboxylic acids is 3. The van der Waals surface area contributed by atoms with E-state index >= 15 is 0 Å². The summed E-state index contributed by atoms with van der Waals surface area (Å²) in [6, 6.07) is 28.3. The predicted molar refractivity (Wildman–Crippen MR) is 351 cm³/mol. The largest absolute Gasteiger partial charge is 0.491 e. The monoisotopic (exact) mass is 1320 g/mol. The number of nitrogens with zero attached hydrogens (tertiary/aromatic N) is 12. The van der Waals surface area contributed by atoms with E-state index in [1.807, 2.05) is 0 Å². The Bertz CT molecular complexity index is 4060. The molecule has 0 fully saturated rings. The number of halogens is 6. The zero-order valence-electron chi connectivity index (χ0n) is 53.2. The Kier molecular flexibility index (Phi) is 21.1. The van der Waals surface area contributed by atoms with Gasteiger partial charge in [0.25, 0.3) is 17.7 Å². The van der Waals surface area contributed by atoms with Gasteiger partial charge < -0.3 is 31.4 Å². The first-order valence-corrected chi connectivity index (χ1v) is 29.6. The molecule has 6 aromatic carbocycles. The summed E-state index contributed by atoms with van der Waals surface area (Å²) in [5.74, 6) is -0.980. The van der Waals surface area contributed by atoms with E-state index in [1.165, 1.54) is 128 Å². The van der Waals surface area contributed by atoms with E-state index in [-0.39, 0.29) is 80.5 Å². The third kappa shape index (κ3) is 13.3. The topological polar surface area (TPSA) is 281 Å². The third-order valence-electron chi connectivity index (χ3n) is 16.3. The predicted octanol–water partition coefficient (Wildman–Crippen LogP) is 8.53. The molecule has 21 nitrogen and oxygen atoms in total. The standard InChI is InChI=1S/3C23H21F2N5O2.B/c3*1-14-9-16(4-6-20(14)32-8-7-24)23(21(31)30(2)22(26)29-23)17-3-5-19(25)18(10-17)15-11-27-13-28-12-15;/h3*3-6,9-13H,7-8H2,1-2H3,(H2,26,29);/t2*23-;;/m10../s1. The molecule has 6 N–H and O–H groups in total. The van der Waals surface area contributed by atoms with Gasteiger partial charge in [-0.15, -0.1) is 0 Å². The molecule has 495 valence electrons. The second-order valence-corrected chi connectivity index (χ2v) is 22.2. The Balaban J connectivity index is 0.000000170. The first-order valence-electron chi connectivity index (χ1n) is 29.6. The molecule has 28 heteroatoms. The van der Waals surface area contributed by atoms with Gasteiger partial charge >= 0.3 is 0 Å². The SMILES string of the molecule is Cc1cc(C2(c3ccc(F)c(-c4cncnc4)c3)N=C(N)N(C)C2=O)ccc1OCCF.Cc1cc([C@@]2(c3ccc(F)c(-c4cncnc4)c3)N=C(N)N(C)C2=O)ccc1OCCF.Cc1cc([C@]2(c3ccc(F)c(-c4cncnc4)c3)N=C(N)N(C)C2=O)ccc1OCCF.[B]. The number of alkyl halides is 3. The fourth-order valence-electron chi connectivity index (χ4n) is 11.3. The molecular formula is C69H63BF6N15O6. The number of guanidine groups is 3. The minimum atomic E-state index is -1.51. The fourth-order valence-corrected chi connectivity index (χ4v) is 11.3. The van der Waals surface area contributed by atoms with Crippen LogP contribution < -0.4 is 31.4 Å². The third-order valence-corrected chi connectivity index (χ3v) is 16.3. The summed E-state index contributed by atoms with van der Waals surface area (Å²) in [7, 11) is 4.60. The van der Waals surface area contributed by atoms with Crippen molar-refractivity contribution in [3.8, 4) is 50.6 Å². The van der Waals surface area contributed by atoms with Crippen LogP contribution in [0.3, 0.4) is 0 Å². The maximum absolute atomic E-state index is 14.7. The van der Waals surface area contributed by atoms with Crippen molar-refractivity contribution >= 4 is 44.0 Å². The van der Waals surface area contributed by atoms with Gasteiger partial charge in [-0.2, -0.15) is 0 Å². The second-order valence-electron chi connectivity index (χ2n) is 22.2. The number of amides is 3. The number of nitrogens with two attached hydrogens (primary N) is 3. The molecule has 97 heavy (non-hydrogen) atoms. The van der Waals surface area contributed by atoms with Crippen molar-refractivity contribution in [2.45, 2.75) is 37.4 Å². The number of hydrogen-bond acceptors (Lipinski definition) is 18. The highest BCUT2D eigenvalue weighted by molar-refractivity contribution is 6.11. The second kappa shape index (κ2) is 29.4. The summed E-state index contributed by atoms with van der Waals surface area (Å²) in [6.07, 6.45) is 13.0. The lowest BCUT2D eigenvalue weighted by atomic mass is 9.81. The highest BCUT2D eigenvalue weighted by Gasteiger charge is 2.52. The summed E-state index contributed by atoms with van der Waals surface area (Å²) in [6.45, 7) is 3.31. The summed E-state index contributed by atoms with van der Waals surface area (Å²) in [4.78, 5) is 81.5. The van der Waals surface area contributed by atoms with Crippen LogP contribution in [0.4, 0.5) is 26.3 Å². The van der Waals surface area contributed by atoms with E-state index in [4.69, 9.17) is 31.4 Å². The van der Waals surface area contributed by atoms with Crippen LogP contribution in [0.2, 0.25) is 0 Å². The molecule has 3 atom stereocenters.